The zero-order valence-corrected chi connectivity index (χ0v) is 17.7. The molecule has 0 aliphatic rings. The summed E-state index contributed by atoms with van der Waals surface area (Å²) in [5, 5.41) is 12.0. The van der Waals surface area contributed by atoms with E-state index in [1.807, 2.05) is 47.8 Å². The third-order valence-corrected chi connectivity index (χ3v) is 6.31. The molecule has 1 amide bonds. The number of ketones is 1. The van der Waals surface area contributed by atoms with Crippen molar-refractivity contribution >= 4 is 40.5 Å². The fourth-order valence-electron chi connectivity index (χ4n) is 2.85. The third-order valence-electron chi connectivity index (χ3n) is 4.32. The van der Waals surface area contributed by atoms with Crippen LogP contribution in [-0.2, 0) is 4.79 Å². The van der Waals surface area contributed by atoms with Gasteiger partial charge in [0.2, 0.25) is 11.1 Å². The predicted octanol–water partition coefficient (Wildman–Crippen LogP) is 5.21. The van der Waals surface area contributed by atoms with Crippen molar-refractivity contribution in [1.29, 1.82) is 0 Å². The lowest BCUT2D eigenvalue weighted by Crippen LogP contribution is -2.19. The Kier molecular flexibility index (Phi) is 6.06. The molecule has 0 radical (unpaired) electrons. The molecule has 4 rings (SSSR count). The van der Waals surface area contributed by atoms with Crippen LogP contribution >= 0.6 is 23.1 Å². The summed E-state index contributed by atoms with van der Waals surface area (Å²) in [6.45, 7) is 1.50. The van der Waals surface area contributed by atoms with Crippen molar-refractivity contribution in [2.75, 3.05) is 5.32 Å². The van der Waals surface area contributed by atoms with E-state index in [1.54, 1.807) is 35.6 Å². The number of Topliss-reactive ketones (excluding diaryl/α,β-unsaturated/α-hetero) is 1. The quantitative estimate of drug-likeness (QED) is 0.308. The summed E-state index contributed by atoms with van der Waals surface area (Å²) in [6.07, 6.45) is 0. The minimum Gasteiger partial charge on any atom is -0.325 e. The molecule has 0 aliphatic carbocycles. The lowest BCUT2D eigenvalue weighted by atomic mass is 10.1. The molecule has 0 fully saturated rings. The summed E-state index contributed by atoms with van der Waals surface area (Å²) in [4.78, 5) is 30.3. The Balaban J connectivity index is 1.58. The molecule has 0 aliphatic heterocycles. The van der Waals surface area contributed by atoms with Crippen molar-refractivity contribution in [1.82, 2.24) is 15.2 Å². The highest BCUT2D eigenvalue weighted by Gasteiger charge is 2.24. The molecule has 6 nitrogen and oxygen atoms in total. The normalized spacial score (nSPS) is 11.8. The van der Waals surface area contributed by atoms with E-state index < -0.39 is 5.25 Å². The second kappa shape index (κ2) is 9.06. The van der Waals surface area contributed by atoms with Crippen LogP contribution in [0.1, 0.15) is 28.1 Å². The molecule has 1 atom stereocenters. The maximum Gasteiger partial charge on any atom is 0.242 e. The Bertz CT molecular complexity index is 1160. The average molecular weight is 435 g/mol. The first-order valence-corrected chi connectivity index (χ1v) is 11.0. The largest absolute Gasteiger partial charge is 0.325 e. The summed E-state index contributed by atoms with van der Waals surface area (Å²) in [5.74, 6) is 0.408. The molecule has 2 aromatic carbocycles. The van der Waals surface area contributed by atoms with E-state index in [-0.39, 0.29) is 11.7 Å². The van der Waals surface area contributed by atoms with Crippen molar-refractivity contribution in [3.63, 3.8) is 0 Å². The number of hydrogen-bond donors (Lipinski definition) is 2. The number of H-pyrrole nitrogens is 1. The fourth-order valence-corrected chi connectivity index (χ4v) is 4.43. The molecular weight excluding hydrogens is 416 g/mol. The fraction of sp³-hybridized carbons (Fsp3) is 0.0909. The second-order valence-corrected chi connectivity index (χ2v) is 8.50. The number of benzene rings is 2. The van der Waals surface area contributed by atoms with Gasteiger partial charge in [-0.25, -0.2) is 4.98 Å². The number of nitrogens with zero attached hydrogens (tertiary/aromatic N) is 2. The van der Waals surface area contributed by atoms with Crippen molar-refractivity contribution in [3.8, 4) is 10.7 Å². The molecule has 30 heavy (non-hydrogen) atoms. The van der Waals surface area contributed by atoms with E-state index in [4.69, 9.17) is 0 Å². The van der Waals surface area contributed by atoms with E-state index in [2.05, 4.69) is 20.5 Å². The van der Waals surface area contributed by atoms with Gasteiger partial charge in [-0.1, -0.05) is 60.3 Å². The molecule has 4 aromatic rings. The minimum absolute atomic E-state index is 0.0538. The summed E-state index contributed by atoms with van der Waals surface area (Å²) in [7, 11) is 0. The number of rotatable bonds is 7. The van der Waals surface area contributed by atoms with Gasteiger partial charge in [0.25, 0.3) is 0 Å². The number of aromatic amines is 1. The number of anilines is 1. The summed E-state index contributed by atoms with van der Waals surface area (Å²) < 4.78 is 0. The molecule has 2 heterocycles. The standard InChI is InChI=1S/C22H18N4O2S2/c1-14(27)16-9-5-10-17(13-16)23-21(28)19(15-7-3-2-4-8-15)30-22-24-20(25-26-22)18-11-6-12-29-18/h2-13,19H,1H3,(H,23,28)(H,24,25,26). The van der Waals surface area contributed by atoms with Gasteiger partial charge >= 0.3 is 0 Å². The van der Waals surface area contributed by atoms with Crippen molar-refractivity contribution in [2.24, 2.45) is 0 Å². The summed E-state index contributed by atoms with van der Waals surface area (Å²) in [6, 6.07) is 20.3. The maximum atomic E-state index is 13.2. The molecule has 0 bridgehead atoms. The van der Waals surface area contributed by atoms with Crippen molar-refractivity contribution in [3.05, 3.63) is 83.2 Å². The van der Waals surface area contributed by atoms with Crippen LogP contribution in [0.25, 0.3) is 10.7 Å². The third kappa shape index (κ3) is 4.67. The Morgan fingerprint density at radius 1 is 1.07 bits per heavy atom. The predicted molar refractivity (Wildman–Crippen MR) is 120 cm³/mol. The lowest BCUT2D eigenvalue weighted by molar-refractivity contribution is -0.115. The number of thioether (sulfide) groups is 1. The number of carbonyl (C=O) groups is 2. The van der Waals surface area contributed by atoms with Crippen LogP contribution in [0.5, 0.6) is 0 Å². The van der Waals surface area contributed by atoms with Crippen molar-refractivity contribution in [2.45, 2.75) is 17.3 Å². The van der Waals surface area contributed by atoms with Gasteiger partial charge in [-0.3, -0.25) is 14.7 Å². The Labute approximate surface area is 181 Å². The number of carbonyl (C=O) groups excluding carboxylic acids is 2. The van der Waals surface area contributed by atoms with Gasteiger partial charge in [0.05, 0.1) is 4.88 Å². The Morgan fingerprint density at radius 3 is 2.63 bits per heavy atom. The van der Waals surface area contributed by atoms with Crippen molar-refractivity contribution < 1.29 is 9.59 Å². The van der Waals surface area contributed by atoms with Gasteiger partial charge < -0.3 is 5.32 Å². The molecular formula is C22H18N4O2S2. The number of aromatic nitrogens is 3. The van der Waals surface area contributed by atoms with Crippen LogP contribution in [0.3, 0.4) is 0 Å². The molecule has 8 heteroatoms. The van der Waals surface area contributed by atoms with Gasteiger partial charge in [0.15, 0.2) is 11.6 Å². The zero-order valence-electron chi connectivity index (χ0n) is 16.0. The minimum atomic E-state index is -0.556. The lowest BCUT2D eigenvalue weighted by Gasteiger charge is -2.15. The molecule has 2 aromatic heterocycles. The molecule has 150 valence electrons. The topological polar surface area (TPSA) is 87.7 Å². The molecule has 0 spiro atoms. The first-order valence-electron chi connectivity index (χ1n) is 9.20. The van der Waals surface area contributed by atoms with E-state index in [0.29, 0.717) is 22.2 Å². The maximum absolute atomic E-state index is 13.2. The molecule has 0 saturated carbocycles. The smallest absolute Gasteiger partial charge is 0.242 e. The van der Waals surface area contributed by atoms with Crippen LogP contribution in [0.15, 0.2) is 77.3 Å². The number of hydrogen-bond acceptors (Lipinski definition) is 6. The highest BCUT2D eigenvalue weighted by Crippen LogP contribution is 2.35. The Morgan fingerprint density at radius 2 is 1.90 bits per heavy atom. The molecule has 1 unspecified atom stereocenters. The van der Waals surface area contributed by atoms with Crippen LogP contribution in [0, 0.1) is 0 Å². The van der Waals surface area contributed by atoms with Gasteiger partial charge in [-0.05, 0) is 36.1 Å². The highest BCUT2D eigenvalue weighted by molar-refractivity contribution is 8.00. The monoisotopic (exact) mass is 434 g/mol. The van der Waals surface area contributed by atoms with E-state index in [9.17, 15) is 9.59 Å². The zero-order chi connectivity index (χ0) is 20.9. The van der Waals surface area contributed by atoms with Gasteiger partial charge in [-0.2, -0.15) is 0 Å². The summed E-state index contributed by atoms with van der Waals surface area (Å²) >= 11 is 2.84. The van der Waals surface area contributed by atoms with E-state index in [0.717, 1.165) is 10.4 Å². The number of nitrogens with one attached hydrogen (secondary N) is 2. The van der Waals surface area contributed by atoms with Gasteiger partial charge in [0.1, 0.15) is 5.25 Å². The van der Waals surface area contributed by atoms with E-state index >= 15 is 0 Å². The average Bonchev–Trinajstić information content (AvgIpc) is 3.44. The first kappa shape index (κ1) is 20.1. The van der Waals surface area contributed by atoms with Gasteiger partial charge in [0, 0.05) is 11.3 Å². The number of amides is 1. The second-order valence-electron chi connectivity index (χ2n) is 6.48. The molecule has 0 saturated heterocycles. The van der Waals surface area contributed by atoms with Crippen LogP contribution in [0.2, 0.25) is 0 Å². The molecule has 2 N–H and O–H groups in total. The summed E-state index contributed by atoms with van der Waals surface area (Å²) in [5.41, 5.74) is 1.96. The van der Waals surface area contributed by atoms with Crippen LogP contribution in [-0.4, -0.2) is 26.9 Å². The highest BCUT2D eigenvalue weighted by atomic mass is 32.2. The number of thiophene rings is 1. The van der Waals surface area contributed by atoms with E-state index in [1.165, 1.54) is 18.7 Å². The SMILES string of the molecule is CC(=O)c1cccc(NC(=O)C(Sc2n[nH]c(-c3cccs3)n2)c2ccccc2)c1. The van der Waals surface area contributed by atoms with Crippen LogP contribution < -0.4 is 5.32 Å². The van der Waals surface area contributed by atoms with Gasteiger partial charge in [-0.15, -0.1) is 16.4 Å². The first-order chi connectivity index (χ1) is 14.6. The van der Waals surface area contributed by atoms with Crippen LogP contribution in [0.4, 0.5) is 5.69 Å². The Hall–Kier alpha value is -3.23.